The molecule has 2 unspecified atom stereocenters. The molecule has 0 saturated carbocycles. The zero-order valence-corrected chi connectivity index (χ0v) is 14.1. The van der Waals surface area contributed by atoms with E-state index in [-0.39, 0.29) is 5.01 Å². The number of hydrogen-bond donors (Lipinski definition) is 4. The number of rotatable bonds is 5. The van der Waals surface area contributed by atoms with Crippen LogP contribution in [0.25, 0.3) is 0 Å². The summed E-state index contributed by atoms with van der Waals surface area (Å²) in [5, 5.41) is 10.8. The minimum Gasteiger partial charge on any atom is -0.357 e. The summed E-state index contributed by atoms with van der Waals surface area (Å²) in [5.41, 5.74) is 10.4. The lowest BCUT2D eigenvalue weighted by molar-refractivity contribution is -0.127. The van der Waals surface area contributed by atoms with Crippen molar-refractivity contribution in [2.45, 2.75) is 11.1 Å². The second-order valence-corrected chi connectivity index (χ2v) is 6.56. The summed E-state index contributed by atoms with van der Waals surface area (Å²) in [6.45, 7) is 0. The van der Waals surface area contributed by atoms with E-state index in [2.05, 4.69) is 15.5 Å². The van der Waals surface area contributed by atoms with Gasteiger partial charge in [-0.05, 0) is 17.8 Å². The number of benzene rings is 1. The molecule has 1 aromatic heterocycles. The average molecular weight is 353 g/mol. The van der Waals surface area contributed by atoms with E-state index in [9.17, 15) is 4.79 Å². The van der Waals surface area contributed by atoms with E-state index in [1.165, 1.54) is 12.4 Å². The second-order valence-electron chi connectivity index (χ2n) is 4.66. The minimum absolute atomic E-state index is 0.268. The highest BCUT2D eigenvalue weighted by molar-refractivity contribution is 7.79. The van der Waals surface area contributed by atoms with Crippen LogP contribution in [0.1, 0.15) is 10.6 Å². The zero-order chi connectivity index (χ0) is 16.4. The Balaban J connectivity index is 2.74. The van der Waals surface area contributed by atoms with E-state index in [4.69, 9.17) is 35.9 Å². The predicted octanol–water partition coefficient (Wildman–Crippen LogP) is 0.955. The number of aromatic nitrogens is 2. The first-order valence-electron chi connectivity index (χ1n) is 6.28. The highest BCUT2D eigenvalue weighted by Crippen LogP contribution is 2.37. The SMILES string of the molecule is CNC(=O)C(N)(c1n[nH]c(=S)s1)C(N)(C=S)c1ccccc1. The lowest BCUT2D eigenvalue weighted by Crippen LogP contribution is -2.68. The average Bonchev–Trinajstić information content (AvgIpc) is 3.00. The van der Waals surface area contributed by atoms with Gasteiger partial charge in [0.25, 0.3) is 0 Å². The Hall–Kier alpha value is -1.52. The van der Waals surface area contributed by atoms with Crippen molar-refractivity contribution in [3.05, 3.63) is 44.9 Å². The third-order valence-electron chi connectivity index (χ3n) is 3.45. The first-order valence-corrected chi connectivity index (χ1v) is 7.97. The Morgan fingerprint density at radius 1 is 1.41 bits per heavy atom. The van der Waals surface area contributed by atoms with Gasteiger partial charge in [0, 0.05) is 12.4 Å². The zero-order valence-electron chi connectivity index (χ0n) is 11.7. The van der Waals surface area contributed by atoms with Crippen molar-refractivity contribution in [2.75, 3.05) is 7.05 Å². The number of nitrogens with one attached hydrogen (secondary N) is 2. The number of thiocarbonyl (C=S) groups is 1. The number of likely N-dealkylation sites (N-methyl/N-ethyl adjacent to an activating group) is 1. The minimum atomic E-state index is -1.69. The maximum Gasteiger partial charge on any atom is 0.249 e. The van der Waals surface area contributed by atoms with Crippen LogP contribution >= 0.6 is 35.8 Å². The summed E-state index contributed by atoms with van der Waals surface area (Å²) >= 11 is 11.2. The van der Waals surface area contributed by atoms with Crippen LogP contribution in [0.4, 0.5) is 0 Å². The molecule has 0 aliphatic heterocycles. The summed E-state index contributed by atoms with van der Waals surface area (Å²) in [4.78, 5) is 12.6. The fraction of sp³-hybridized carbons (Fsp3) is 0.231. The quantitative estimate of drug-likeness (QED) is 0.596. The highest BCUT2D eigenvalue weighted by Gasteiger charge is 2.55. The molecule has 116 valence electrons. The Morgan fingerprint density at radius 3 is 2.50 bits per heavy atom. The number of amides is 1. The lowest BCUT2D eigenvalue weighted by Gasteiger charge is -2.40. The number of H-pyrrole nitrogens is 1. The van der Waals surface area contributed by atoms with Crippen molar-refractivity contribution in [1.29, 1.82) is 0 Å². The maximum atomic E-state index is 12.6. The van der Waals surface area contributed by atoms with Gasteiger partial charge in [-0.2, -0.15) is 5.10 Å². The molecule has 1 heterocycles. The molecule has 0 fully saturated rings. The molecule has 6 nitrogen and oxygen atoms in total. The molecule has 0 aliphatic carbocycles. The van der Waals surface area contributed by atoms with Crippen LogP contribution in [0, 0.1) is 3.95 Å². The van der Waals surface area contributed by atoms with Gasteiger partial charge in [0.1, 0.15) is 10.5 Å². The standard InChI is InChI=1S/C13H15N5OS3/c1-16-9(19)13(15,10-17-18-11(21)22-10)12(14,7-20)8-5-3-2-4-6-8/h2-7H,14-15H2,1H3,(H,16,19)(H,18,21). The van der Waals surface area contributed by atoms with E-state index < -0.39 is 17.0 Å². The Kier molecular flexibility index (Phi) is 4.83. The van der Waals surface area contributed by atoms with Crippen LogP contribution in [0.15, 0.2) is 30.3 Å². The Bertz CT molecular complexity index is 743. The molecule has 22 heavy (non-hydrogen) atoms. The third-order valence-corrected chi connectivity index (χ3v) is 5.05. The fourth-order valence-corrected chi connectivity index (χ4v) is 3.55. The second kappa shape index (κ2) is 6.31. The van der Waals surface area contributed by atoms with Crippen molar-refractivity contribution >= 4 is 47.0 Å². The molecule has 2 aromatic rings. The highest BCUT2D eigenvalue weighted by atomic mass is 32.1. The van der Waals surface area contributed by atoms with Gasteiger partial charge in [-0.3, -0.25) is 9.89 Å². The van der Waals surface area contributed by atoms with Gasteiger partial charge in [-0.25, -0.2) is 0 Å². The molecule has 1 amide bonds. The summed E-state index contributed by atoms with van der Waals surface area (Å²) in [7, 11) is 1.48. The molecule has 0 saturated heterocycles. The van der Waals surface area contributed by atoms with Gasteiger partial charge < -0.3 is 16.8 Å². The van der Waals surface area contributed by atoms with E-state index in [0.29, 0.717) is 9.52 Å². The number of aromatic amines is 1. The molecular formula is C13H15N5OS3. The third kappa shape index (κ3) is 2.50. The maximum absolute atomic E-state index is 12.6. The molecular weight excluding hydrogens is 338 g/mol. The molecule has 1 aromatic carbocycles. The van der Waals surface area contributed by atoms with Crippen molar-refractivity contribution < 1.29 is 4.79 Å². The largest absolute Gasteiger partial charge is 0.357 e. The van der Waals surface area contributed by atoms with E-state index in [1.807, 2.05) is 6.07 Å². The van der Waals surface area contributed by atoms with Crippen molar-refractivity contribution in [1.82, 2.24) is 15.5 Å². The Morgan fingerprint density at radius 2 is 2.05 bits per heavy atom. The first-order chi connectivity index (χ1) is 10.4. The summed E-state index contributed by atoms with van der Waals surface area (Å²) < 4.78 is 0.397. The number of carbonyl (C=O) groups is 1. The van der Waals surface area contributed by atoms with Crippen molar-refractivity contribution in [3.8, 4) is 0 Å². The molecule has 0 spiro atoms. The van der Waals surface area contributed by atoms with Crippen molar-refractivity contribution in [2.24, 2.45) is 11.5 Å². The van der Waals surface area contributed by atoms with Gasteiger partial charge in [-0.15, -0.1) is 0 Å². The topological polar surface area (TPSA) is 110 Å². The molecule has 0 aliphatic rings. The predicted molar refractivity (Wildman–Crippen MR) is 93.2 cm³/mol. The van der Waals surface area contributed by atoms with Gasteiger partial charge in [0.2, 0.25) is 5.91 Å². The van der Waals surface area contributed by atoms with Gasteiger partial charge in [0.15, 0.2) is 9.49 Å². The first kappa shape index (κ1) is 16.8. The molecule has 0 bridgehead atoms. The molecule has 0 radical (unpaired) electrons. The van der Waals surface area contributed by atoms with Gasteiger partial charge in [-0.1, -0.05) is 53.9 Å². The lowest BCUT2D eigenvalue weighted by atomic mass is 9.74. The molecule has 9 heteroatoms. The van der Waals surface area contributed by atoms with Crippen LogP contribution in [-0.4, -0.2) is 28.5 Å². The summed E-state index contributed by atoms with van der Waals surface area (Å²) in [5.74, 6) is -0.502. The van der Waals surface area contributed by atoms with Crippen LogP contribution in [0.3, 0.4) is 0 Å². The van der Waals surface area contributed by atoms with E-state index >= 15 is 0 Å². The number of hydrogen-bond acceptors (Lipinski definition) is 7. The monoisotopic (exact) mass is 353 g/mol. The fourth-order valence-electron chi connectivity index (χ4n) is 2.16. The molecule has 2 rings (SSSR count). The number of nitrogens with zero attached hydrogens (tertiary/aromatic N) is 1. The van der Waals surface area contributed by atoms with Crippen LogP contribution in [0.2, 0.25) is 0 Å². The van der Waals surface area contributed by atoms with E-state index in [1.54, 1.807) is 24.3 Å². The van der Waals surface area contributed by atoms with Crippen LogP contribution in [0.5, 0.6) is 0 Å². The van der Waals surface area contributed by atoms with E-state index in [0.717, 1.165) is 11.3 Å². The number of nitrogens with two attached hydrogens (primary N) is 2. The smallest absolute Gasteiger partial charge is 0.249 e. The summed E-state index contributed by atoms with van der Waals surface area (Å²) in [6, 6.07) is 8.96. The van der Waals surface area contributed by atoms with Crippen LogP contribution < -0.4 is 16.8 Å². The molecule has 6 N–H and O–H groups in total. The van der Waals surface area contributed by atoms with Crippen LogP contribution in [-0.2, 0) is 15.9 Å². The van der Waals surface area contributed by atoms with Crippen molar-refractivity contribution in [3.63, 3.8) is 0 Å². The van der Waals surface area contributed by atoms with Gasteiger partial charge in [0.05, 0.1) is 0 Å². The van der Waals surface area contributed by atoms with Gasteiger partial charge >= 0.3 is 0 Å². The molecule has 2 atom stereocenters. The summed E-state index contributed by atoms with van der Waals surface area (Å²) in [6.07, 6.45) is 0. The number of carbonyl (C=O) groups excluding carboxylic acids is 1. The normalized spacial score (nSPS) is 16.3. The Labute approximate surface area is 141 Å².